The average molecular weight is 825 g/mol. The summed E-state index contributed by atoms with van der Waals surface area (Å²) in [6.07, 6.45) is 4.99. The van der Waals surface area contributed by atoms with Gasteiger partial charge in [-0.2, -0.15) is 0 Å². The quantitative estimate of drug-likeness (QED) is 0.0214. The maximum Gasteiger partial charge on any atom is 0.355 e. The maximum absolute atomic E-state index is 13.8. The number of hydrogen-bond acceptors (Lipinski definition) is 16. The first kappa shape index (κ1) is 40.8. The Kier molecular flexibility index (Phi) is 13.0. The number of ether oxygens (including phenoxy) is 2. The highest BCUT2D eigenvalue weighted by atomic mass is 35.5. The third-order valence-electron chi connectivity index (χ3n) is 8.19. The van der Waals surface area contributed by atoms with Crippen molar-refractivity contribution in [1.82, 2.24) is 20.2 Å². The smallest absolute Gasteiger partial charge is 0.355 e. The number of thiazole rings is 1. The number of carboxylic acid groups (broad SMARTS) is 1. The number of anilines is 2. The summed E-state index contributed by atoms with van der Waals surface area (Å²) in [5.74, 6) is -3.69. The van der Waals surface area contributed by atoms with Crippen molar-refractivity contribution in [3.63, 3.8) is 0 Å². The number of rotatable bonds is 14. The van der Waals surface area contributed by atoms with Crippen LogP contribution in [0.3, 0.4) is 0 Å². The molecule has 2 aliphatic rings. The standard InChI is InChI=1S/C35H32N8O10S2.ClH/c1-51-21-7-4-18(5-8-21)14-52-34(50)28-20(3-2-11-42-12-10-25(36)38-17-42)15-54-32-27(31(47)43(28)32)40-30(46)26(22-16-55-35(37)39-22)41-53-29(33(48)49)19-6-9-23(44)24(45)13-19;/h2-10,12-13,16-17,27,29,32,36H,11,14-15H2,1H3,(H6,37,39,40,41,44,45,46,48,49);1H/b3-2+;/t27-,29?,32-;/m1./s1. The van der Waals surface area contributed by atoms with Crippen LogP contribution in [0.25, 0.3) is 0 Å². The Hall–Kier alpha value is -6.38. The Bertz CT molecular complexity index is 2220. The molecule has 2 aromatic heterocycles. The van der Waals surface area contributed by atoms with Crippen LogP contribution < -0.4 is 38.5 Å². The molecular weight excluding hydrogens is 792 g/mol. The van der Waals surface area contributed by atoms with Crippen molar-refractivity contribution in [2.45, 2.75) is 30.7 Å². The molecule has 2 amide bonds. The van der Waals surface area contributed by atoms with Crippen LogP contribution in [0.5, 0.6) is 17.2 Å². The molecule has 56 heavy (non-hydrogen) atoms. The fourth-order valence-electron chi connectivity index (χ4n) is 5.39. The molecule has 2 aliphatic heterocycles. The number of methoxy groups -OCH3 is 1. The van der Waals surface area contributed by atoms with Crippen LogP contribution >= 0.6 is 23.1 Å². The molecule has 0 bridgehead atoms. The van der Waals surface area contributed by atoms with Crippen LogP contribution in [-0.4, -0.2) is 83.9 Å². The number of benzene rings is 2. The fourth-order valence-corrected chi connectivity index (χ4v) is 7.25. The van der Waals surface area contributed by atoms with Gasteiger partial charge in [0.2, 0.25) is 11.9 Å². The number of aromatic nitrogens is 3. The molecular formula is C35H33ClN8O10S2. The van der Waals surface area contributed by atoms with Gasteiger partial charge in [-0.25, -0.2) is 19.1 Å². The molecule has 0 aliphatic carbocycles. The summed E-state index contributed by atoms with van der Waals surface area (Å²) >= 11 is 2.27. The van der Waals surface area contributed by atoms with Crippen LogP contribution in [-0.2, 0) is 41.9 Å². The van der Waals surface area contributed by atoms with E-state index in [4.69, 9.17) is 25.8 Å². The summed E-state index contributed by atoms with van der Waals surface area (Å²) in [6, 6.07) is 10.6. The fraction of sp³-hybridized carbons (Fsp3) is 0.200. The summed E-state index contributed by atoms with van der Waals surface area (Å²) in [6.45, 7) is 0.293. The first-order valence-electron chi connectivity index (χ1n) is 16.2. The average Bonchev–Trinajstić information content (AvgIpc) is 3.61. The largest absolute Gasteiger partial charge is 1.00 e. The number of nitrogen functional groups attached to an aromatic ring is 2. The van der Waals surface area contributed by atoms with Crippen LogP contribution in [0.2, 0.25) is 0 Å². The molecule has 21 heteroatoms. The van der Waals surface area contributed by atoms with Gasteiger partial charge in [0.25, 0.3) is 18.1 Å². The second-order valence-electron chi connectivity index (χ2n) is 11.8. The number of carbonyl (C=O) groups is 4. The van der Waals surface area contributed by atoms with Crippen LogP contribution in [0, 0.1) is 0 Å². The van der Waals surface area contributed by atoms with Crippen molar-refractivity contribution in [2.75, 3.05) is 24.3 Å². The molecule has 3 atom stereocenters. The van der Waals surface area contributed by atoms with Crippen molar-refractivity contribution in [3.8, 4) is 17.2 Å². The number of oxime groups is 1. The van der Waals surface area contributed by atoms with Crippen molar-refractivity contribution in [1.29, 1.82) is 0 Å². The number of aromatic hydroxyl groups is 2. The lowest BCUT2D eigenvalue weighted by molar-refractivity contribution is -0.689. The third-order valence-corrected chi connectivity index (χ3v) is 10.2. The Labute approximate surface area is 332 Å². The second-order valence-corrected chi connectivity index (χ2v) is 13.8. The number of halogens is 1. The Balaban J connectivity index is 0.00000600. The molecule has 4 heterocycles. The highest BCUT2D eigenvalue weighted by Crippen LogP contribution is 2.41. The number of aliphatic carboxylic acids is 1. The summed E-state index contributed by atoms with van der Waals surface area (Å²) in [7, 11) is 1.54. The van der Waals surface area contributed by atoms with Gasteiger partial charge in [0.05, 0.1) is 13.3 Å². The molecule has 1 saturated heterocycles. The molecule has 0 spiro atoms. The first-order valence-corrected chi connectivity index (χ1v) is 18.1. The van der Waals surface area contributed by atoms with Gasteiger partial charge in [-0.05, 0) is 46.5 Å². The SMILES string of the molecule is COc1ccc(COC(=O)C2=C(/C=C/C[n+]3ccc(N)nc3)CS[C@@H]3[C@H](NC(=O)/C(=N\OC(C(=O)O)c4ccc(O)c(O)c4)c4csc(N)n4)C(=O)N23)cc1.[Cl-]. The highest BCUT2D eigenvalue weighted by molar-refractivity contribution is 8.00. The van der Waals surface area contributed by atoms with Crippen LogP contribution in [0.4, 0.5) is 10.9 Å². The lowest BCUT2D eigenvalue weighted by atomic mass is 10.0. The first-order chi connectivity index (χ1) is 26.4. The van der Waals surface area contributed by atoms with Gasteiger partial charge < -0.3 is 58.8 Å². The number of nitrogens with zero attached hydrogens (tertiary/aromatic N) is 5. The van der Waals surface area contributed by atoms with Crippen molar-refractivity contribution >= 4 is 63.5 Å². The number of phenolic OH excluding ortho intramolecular Hbond substituents is 2. The van der Waals surface area contributed by atoms with Gasteiger partial charge in [-0.15, -0.1) is 23.1 Å². The monoisotopic (exact) mass is 824 g/mol. The molecule has 8 N–H and O–H groups in total. The van der Waals surface area contributed by atoms with Gasteiger partial charge in [0, 0.05) is 22.8 Å². The number of carbonyl (C=O) groups excluding carboxylic acids is 3. The van der Waals surface area contributed by atoms with Gasteiger partial charge in [0.1, 0.15) is 41.7 Å². The van der Waals surface area contributed by atoms with Gasteiger partial charge in [-0.1, -0.05) is 29.4 Å². The predicted octanol–water partition coefficient (Wildman–Crippen LogP) is -1.39. The summed E-state index contributed by atoms with van der Waals surface area (Å²) in [5, 5.41) is 36.5. The highest BCUT2D eigenvalue weighted by Gasteiger charge is 2.54. The van der Waals surface area contributed by atoms with Gasteiger partial charge >= 0.3 is 11.9 Å². The molecule has 18 nitrogen and oxygen atoms in total. The number of amides is 2. The van der Waals surface area contributed by atoms with E-state index >= 15 is 0 Å². The number of phenols is 2. The number of thioether (sulfide) groups is 1. The van der Waals surface area contributed by atoms with Crippen molar-refractivity contribution < 1.29 is 65.8 Å². The topological polar surface area (TPSA) is 266 Å². The number of nitrogens with one attached hydrogen (secondary N) is 1. The minimum absolute atomic E-state index is 0. The molecule has 0 radical (unpaired) electrons. The van der Waals surface area contributed by atoms with E-state index in [1.165, 1.54) is 35.2 Å². The molecule has 4 aromatic rings. The zero-order valence-electron chi connectivity index (χ0n) is 29.1. The normalized spacial score (nSPS) is 17.0. The Morgan fingerprint density at radius 1 is 1.14 bits per heavy atom. The number of β-lactam (4-membered cyclic amide) rings is 1. The maximum atomic E-state index is 13.8. The number of allylic oxidation sites excluding steroid dienone is 2. The van der Waals surface area contributed by atoms with E-state index in [1.807, 2.05) is 0 Å². The minimum atomic E-state index is -1.82. The lowest BCUT2D eigenvalue weighted by Gasteiger charge is -2.49. The van der Waals surface area contributed by atoms with Gasteiger partial charge in [-0.3, -0.25) is 14.5 Å². The molecule has 1 unspecified atom stereocenters. The van der Waals surface area contributed by atoms with E-state index in [1.54, 1.807) is 59.6 Å². The van der Waals surface area contributed by atoms with E-state index in [0.29, 0.717) is 29.2 Å². The molecule has 6 rings (SSSR count). The molecule has 1 fully saturated rings. The molecule has 2 aromatic carbocycles. The number of fused-ring (bicyclic) bond motifs is 1. The van der Waals surface area contributed by atoms with E-state index in [0.717, 1.165) is 23.5 Å². The van der Waals surface area contributed by atoms with Crippen molar-refractivity contribution in [2.24, 2.45) is 5.16 Å². The van der Waals surface area contributed by atoms with E-state index in [2.05, 4.69) is 20.4 Å². The summed E-state index contributed by atoms with van der Waals surface area (Å²) < 4.78 is 12.6. The summed E-state index contributed by atoms with van der Waals surface area (Å²) in [4.78, 5) is 68.0. The van der Waals surface area contributed by atoms with Gasteiger partial charge in [0.15, 0.2) is 22.3 Å². The summed E-state index contributed by atoms with van der Waals surface area (Å²) in [5.41, 5.74) is 12.0. The minimum Gasteiger partial charge on any atom is -1.00 e. The van der Waals surface area contributed by atoms with Crippen LogP contribution in [0.1, 0.15) is 22.9 Å². The molecule has 0 saturated carbocycles. The second kappa shape index (κ2) is 17.8. The van der Waals surface area contributed by atoms with Crippen molar-refractivity contribution in [3.05, 3.63) is 107 Å². The van der Waals surface area contributed by atoms with Crippen LogP contribution in [0.15, 0.2) is 95.0 Å². The Morgan fingerprint density at radius 2 is 1.91 bits per heavy atom. The lowest BCUT2D eigenvalue weighted by Crippen LogP contribution is -3.00. The predicted molar refractivity (Wildman–Crippen MR) is 197 cm³/mol. The zero-order chi connectivity index (χ0) is 39.2. The third kappa shape index (κ3) is 9.10. The van der Waals surface area contributed by atoms with E-state index in [9.17, 15) is 34.5 Å². The molecule has 292 valence electrons. The van der Waals surface area contributed by atoms with E-state index < -0.39 is 58.5 Å². The zero-order valence-corrected chi connectivity index (χ0v) is 31.5. The number of esters is 1. The number of nitrogens with two attached hydrogens (primary N) is 2. The van der Waals surface area contributed by atoms with E-state index in [-0.39, 0.29) is 46.9 Å². The number of hydrogen-bond donors (Lipinski definition) is 6. The Morgan fingerprint density at radius 3 is 2.55 bits per heavy atom. The number of carboxylic acids is 1.